The highest BCUT2D eigenvalue weighted by molar-refractivity contribution is 5.68. The molecule has 1 heterocycles. The summed E-state index contributed by atoms with van der Waals surface area (Å²) in [5.41, 5.74) is 2.23. The predicted molar refractivity (Wildman–Crippen MR) is 68.8 cm³/mol. The van der Waals surface area contributed by atoms with Crippen LogP contribution in [-0.4, -0.2) is 24.5 Å². The quantitative estimate of drug-likeness (QED) is 0.886. The lowest BCUT2D eigenvalue weighted by molar-refractivity contribution is -0.137. The number of carboxylic acid groups (broad SMARTS) is 1. The molecule has 1 N–H and O–H groups in total. The molecule has 0 amide bonds. The van der Waals surface area contributed by atoms with Crippen LogP contribution in [-0.2, 0) is 14.3 Å². The zero-order valence-corrected chi connectivity index (χ0v) is 10.7. The van der Waals surface area contributed by atoms with Crippen molar-refractivity contribution in [1.29, 1.82) is 0 Å². The van der Waals surface area contributed by atoms with Gasteiger partial charge in [-0.3, -0.25) is 4.79 Å². The zero-order valence-electron chi connectivity index (χ0n) is 10.7. The third kappa shape index (κ3) is 2.96. The van der Waals surface area contributed by atoms with Crippen molar-refractivity contribution >= 4 is 5.97 Å². The Kier molecular flexibility index (Phi) is 3.53. The normalized spacial score (nSPS) is 24.3. The Hall–Kier alpha value is -1.39. The molecule has 0 aromatic heterocycles. The molecule has 2 unspecified atom stereocenters. The smallest absolute Gasteiger partial charge is 0.303 e. The van der Waals surface area contributed by atoms with Crippen LogP contribution in [0.5, 0.6) is 0 Å². The van der Waals surface area contributed by atoms with E-state index in [4.69, 9.17) is 14.6 Å². The molecule has 1 saturated carbocycles. The van der Waals surface area contributed by atoms with Crippen LogP contribution in [0, 0.1) is 5.92 Å². The fourth-order valence-corrected chi connectivity index (χ4v) is 2.73. The molecule has 1 aromatic carbocycles. The van der Waals surface area contributed by atoms with Crippen LogP contribution < -0.4 is 0 Å². The molecular weight excluding hydrogens is 244 g/mol. The number of rotatable bonds is 5. The Morgan fingerprint density at radius 3 is 2.58 bits per heavy atom. The molecule has 2 fully saturated rings. The molecule has 0 spiro atoms. The first kappa shape index (κ1) is 12.6. The van der Waals surface area contributed by atoms with Crippen LogP contribution in [0.25, 0.3) is 0 Å². The first-order valence-corrected chi connectivity index (χ1v) is 6.75. The second kappa shape index (κ2) is 5.31. The lowest BCUT2D eigenvalue weighted by Crippen LogP contribution is -2.09. The van der Waals surface area contributed by atoms with Crippen LogP contribution in [0.1, 0.15) is 42.4 Å². The largest absolute Gasteiger partial charge is 0.481 e. The summed E-state index contributed by atoms with van der Waals surface area (Å²) in [7, 11) is 0. The molecule has 1 aliphatic heterocycles. The van der Waals surface area contributed by atoms with Crippen molar-refractivity contribution < 1.29 is 19.4 Å². The molecule has 0 bridgehead atoms. The average molecular weight is 262 g/mol. The van der Waals surface area contributed by atoms with E-state index in [1.54, 1.807) is 0 Å². The molecule has 2 aliphatic rings. The standard InChI is InChI=1S/C15H18O4/c16-15(17)7-13(10-1-2-10)11-3-5-12(6-4-11)14-8-18-9-19-14/h3-6,10,13-14H,1-2,7-9H2,(H,16,17). The van der Waals surface area contributed by atoms with Crippen molar-refractivity contribution in [2.45, 2.75) is 31.3 Å². The van der Waals surface area contributed by atoms with Gasteiger partial charge in [0.05, 0.1) is 13.0 Å². The van der Waals surface area contributed by atoms with E-state index < -0.39 is 5.97 Å². The van der Waals surface area contributed by atoms with Crippen molar-refractivity contribution in [3.63, 3.8) is 0 Å². The van der Waals surface area contributed by atoms with Gasteiger partial charge in [0.2, 0.25) is 0 Å². The number of ether oxygens (including phenoxy) is 2. The van der Waals surface area contributed by atoms with Crippen LogP contribution in [0.2, 0.25) is 0 Å². The third-order valence-electron chi connectivity index (χ3n) is 3.94. The summed E-state index contributed by atoms with van der Waals surface area (Å²) >= 11 is 0. The van der Waals surface area contributed by atoms with Gasteiger partial charge in [-0.25, -0.2) is 0 Å². The predicted octanol–water partition coefficient (Wildman–Crippen LogP) is 2.70. The lowest BCUT2D eigenvalue weighted by atomic mass is 9.90. The number of hydrogen-bond acceptors (Lipinski definition) is 3. The molecule has 102 valence electrons. The Bertz CT molecular complexity index is 444. The molecule has 1 saturated heterocycles. The number of carbonyl (C=O) groups is 1. The highest BCUT2D eigenvalue weighted by Crippen LogP contribution is 2.44. The van der Waals surface area contributed by atoms with E-state index in [0.717, 1.165) is 24.0 Å². The summed E-state index contributed by atoms with van der Waals surface area (Å²) in [5, 5.41) is 9.01. The van der Waals surface area contributed by atoms with Crippen molar-refractivity contribution in [2.24, 2.45) is 5.92 Å². The van der Waals surface area contributed by atoms with Crippen LogP contribution in [0.3, 0.4) is 0 Å². The van der Waals surface area contributed by atoms with Gasteiger partial charge in [-0.2, -0.15) is 0 Å². The second-order valence-corrected chi connectivity index (χ2v) is 5.35. The Morgan fingerprint density at radius 1 is 1.32 bits per heavy atom. The van der Waals surface area contributed by atoms with Crippen molar-refractivity contribution in [3.8, 4) is 0 Å². The average Bonchev–Trinajstić information content (AvgIpc) is 3.10. The number of carboxylic acids is 1. The van der Waals surface area contributed by atoms with Crippen molar-refractivity contribution in [1.82, 2.24) is 0 Å². The Labute approximate surface area is 112 Å². The van der Waals surface area contributed by atoms with Gasteiger partial charge in [-0.05, 0) is 35.8 Å². The van der Waals surface area contributed by atoms with Crippen molar-refractivity contribution in [3.05, 3.63) is 35.4 Å². The maximum absolute atomic E-state index is 11.0. The highest BCUT2D eigenvalue weighted by atomic mass is 16.7. The van der Waals surface area contributed by atoms with E-state index in [1.807, 2.05) is 24.3 Å². The summed E-state index contributed by atoms with van der Waals surface area (Å²) < 4.78 is 10.6. The molecule has 4 heteroatoms. The van der Waals surface area contributed by atoms with Gasteiger partial charge >= 0.3 is 5.97 Å². The van der Waals surface area contributed by atoms with Crippen molar-refractivity contribution in [2.75, 3.05) is 13.4 Å². The maximum Gasteiger partial charge on any atom is 0.303 e. The van der Waals surface area contributed by atoms with Gasteiger partial charge in [0.25, 0.3) is 0 Å². The Morgan fingerprint density at radius 2 is 2.05 bits per heavy atom. The van der Waals surface area contributed by atoms with E-state index in [2.05, 4.69) is 0 Å². The van der Waals surface area contributed by atoms with Gasteiger partial charge < -0.3 is 14.6 Å². The maximum atomic E-state index is 11.0. The van der Waals surface area contributed by atoms with E-state index in [9.17, 15) is 4.79 Å². The van der Waals surface area contributed by atoms with Gasteiger partial charge in [-0.1, -0.05) is 24.3 Å². The first-order chi connectivity index (χ1) is 9.24. The molecule has 3 rings (SSSR count). The zero-order chi connectivity index (χ0) is 13.2. The Balaban J connectivity index is 1.74. The lowest BCUT2D eigenvalue weighted by Gasteiger charge is -2.16. The summed E-state index contributed by atoms with van der Waals surface area (Å²) in [6, 6.07) is 8.16. The first-order valence-electron chi connectivity index (χ1n) is 6.75. The minimum atomic E-state index is -0.714. The molecule has 2 atom stereocenters. The fraction of sp³-hybridized carbons (Fsp3) is 0.533. The van der Waals surface area contributed by atoms with Crippen LogP contribution in [0.15, 0.2) is 24.3 Å². The number of benzene rings is 1. The number of hydrogen-bond donors (Lipinski definition) is 1. The minimum absolute atomic E-state index is 0.0212. The second-order valence-electron chi connectivity index (χ2n) is 5.35. The van der Waals surface area contributed by atoms with E-state index in [0.29, 0.717) is 19.3 Å². The minimum Gasteiger partial charge on any atom is -0.481 e. The van der Waals surface area contributed by atoms with E-state index in [1.165, 1.54) is 0 Å². The number of aliphatic carboxylic acids is 1. The van der Waals surface area contributed by atoms with Crippen LogP contribution in [0.4, 0.5) is 0 Å². The molecular formula is C15H18O4. The van der Waals surface area contributed by atoms with Crippen LogP contribution >= 0.6 is 0 Å². The van der Waals surface area contributed by atoms with Gasteiger partial charge in [0, 0.05) is 0 Å². The molecule has 1 aromatic rings. The summed E-state index contributed by atoms with van der Waals surface area (Å²) in [6.07, 6.45) is 2.55. The molecule has 4 nitrogen and oxygen atoms in total. The van der Waals surface area contributed by atoms with E-state index in [-0.39, 0.29) is 18.4 Å². The highest BCUT2D eigenvalue weighted by Gasteiger charge is 2.33. The van der Waals surface area contributed by atoms with Gasteiger partial charge in [-0.15, -0.1) is 0 Å². The fourth-order valence-electron chi connectivity index (χ4n) is 2.73. The van der Waals surface area contributed by atoms with E-state index >= 15 is 0 Å². The summed E-state index contributed by atoms with van der Waals surface area (Å²) in [4.78, 5) is 11.0. The molecule has 1 aliphatic carbocycles. The SMILES string of the molecule is O=C(O)CC(c1ccc(C2COCO2)cc1)C1CC1. The molecule has 0 radical (unpaired) electrons. The topological polar surface area (TPSA) is 55.8 Å². The summed E-state index contributed by atoms with van der Waals surface area (Å²) in [6.45, 7) is 0.955. The molecule has 19 heavy (non-hydrogen) atoms. The summed E-state index contributed by atoms with van der Waals surface area (Å²) in [5.74, 6) is -0.00573. The van der Waals surface area contributed by atoms with Gasteiger partial charge in [0.15, 0.2) is 0 Å². The monoisotopic (exact) mass is 262 g/mol. The van der Waals surface area contributed by atoms with Gasteiger partial charge in [0.1, 0.15) is 12.9 Å². The third-order valence-corrected chi connectivity index (χ3v) is 3.94.